The van der Waals surface area contributed by atoms with Gasteiger partial charge in [0.25, 0.3) is 0 Å². The number of halogens is 3. The first-order chi connectivity index (χ1) is 9.95. The van der Waals surface area contributed by atoms with E-state index in [-0.39, 0.29) is 17.8 Å². The number of alkyl halides is 3. The predicted molar refractivity (Wildman–Crippen MR) is 68.7 cm³/mol. The number of nitrogens with one attached hydrogen (secondary N) is 1. The normalized spacial score (nSPS) is 18.9. The molecule has 1 N–H and O–H groups in total. The van der Waals surface area contributed by atoms with Crippen molar-refractivity contribution in [3.63, 3.8) is 0 Å². The van der Waals surface area contributed by atoms with Crippen molar-refractivity contribution >= 4 is 0 Å². The first-order valence-electron chi connectivity index (χ1n) is 7.13. The molecule has 0 amide bonds. The number of hydrogen-bond donors (Lipinski definition) is 1. The van der Waals surface area contributed by atoms with Crippen molar-refractivity contribution in [1.82, 2.24) is 15.5 Å². The second-order valence-electron chi connectivity index (χ2n) is 5.40. The van der Waals surface area contributed by atoms with E-state index in [2.05, 4.69) is 27.1 Å². The van der Waals surface area contributed by atoms with Crippen LogP contribution in [-0.4, -0.2) is 36.0 Å². The number of hydrogen-bond acceptors (Lipinski definition) is 5. The van der Waals surface area contributed by atoms with Crippen LogP contribution in [0.4, 0.5) is 13.2 Å². The van der Waals surface area contributed by atoms with E-state index in [0.29, 0.717) is 5.89 Å². The summed E-state index contributed by atoms with van der Waals surface area (Å²) >= 11 is 0. The zero-order chi connectivity index (χ0) is 15.3. The van der Waals surface area contributed by atoms with Gasteiger partial charge in [0.2, 0.25) is 5.89 Å². The summed E-state index contributed by atoms with van der Waals surface area (Å²) in [5.41, 5.74) is -0.157. The Morgan fingerprint density at radius 2 is 2.05 bits per heavy atom. The molecule has 1 aromatic rings. The van der Waals surface area contributed by atoms with Crippen molar-refractivity contribution in [2.45, 2.75) is 50.8 Å². The Bertz CT molecular complexity index is 437. The van der Waals surface area contributed by atoms with Crippen molar-refractivity contribution in [1.29, 1.82) is 0 Å². The van der Waals surface area contributed by atoms with Crippen LogP contribution >= 0.6 is 0 Å². The van der Waals surface area contributed by atoms with E-state index in [4.69, 9.17) is 4.52 Å². The van der Waals surface area contributed by atoms with Gasteiger partial charge < -0.3 is 14.6 Å². The van der Waals surface area contributed by atoms with Crippen LogP contribution in [0.3, 0.4) is 0 Å². The number of rotatable bonds is 6. The third kappa shape index (κ3) is 4.41. The van der Waals surface area contributed by atoms with Gasteiger partial charge in [0.15, 0.2) is 5.82 Å². The summed E-state index contributed by atoms with van der Waals surface area (Å²) in [5, 5.41) is 7.03. The van der Waals surface area contributed by atoms with E-state index < -0.39 is 12.8 Å². The predicted octanol–water partition coefficient (Wildman–Crippen LogP) is 2.57. The molecule has 0 saturated carbocycles. The number of ether oxygens (including phenoxy) is 1. The number of nitrogens with zero attached hydrogens (tertiary/aromatic N) is 2. The lowest BCUT2D eigenvalue weighted by Crippen LogP contribution is -2.40. The average Bonchev–Trinajstić information content (AvgIpc) is 2.88. The van der Waals surface area contributed by atoms with Crippen molar-refractivity contribution in [2.24, 2.45) is 0 Å². The third-order valence-electron chi connectivity index (χ3n) is 3.71. The molecule has 1 saturated heterocycles. The highest BCUT2D eigenvalue weighted by atomic mass is 19.4. The third-order valence-corrected chi connectivity index (χ3v) is 3.71. The van der Waals surface area contributed by atoms with Crippen LogP contribution < -0.4 is 5.32 Å². The molecule has 0 atom stereocenters. The standard InChI is InChI=1S/C13H20F3N3O2/c1-2-3-12(4-6-17-7-5-12)11-18-10(19-21-11)8-20-9-13(14,15)16/h17H,2-9H2,1H3. The molecule has 0 bridgehead atoms. The minimum absolute atomic E-state index is 0.157. The fraction of sp³-hybridized carbons (Fsp3) is 0.846. The molecular weight excluding hydrogens is 287 g/mol. The number of piperidine rings is 1. The molecular formula is C13H20F3N3O2. The zero-order valence-corrected chi connectivity index (χ0v) is 12.0. The summed E-state index contributed by atoms with van der Waals surface area (Å²) in [6.07, 6.45) is -0.634. The summed E-state index contributed by atoms with van der Waals surface area (Å²) in [5.74, 6) is 0.694. The van der Waals surface area contributed by atoms with Crippen LogP contribution in [0.2, 0.25) is 0 Å². The maximum Gasteiger partial charge on any atom is 0.411 e. The van der Waals surface area contributed by atoms with E-state index in [1.54, 1.807) is 0 Å². The van der Waals surface area contributed by atoms with Gasteiger partial charge in [-0.2, -0.15) is 18.2 Å². The highest BCUT2D eigenvalue weighted by Crippen LogP contribution is 2.36. The summed E-state index contributed by atoms with van der Waals surface area (Å²) in [4.78, 5) is 4.25. The van der Waals surface area contributed by atoms with Crippen LogP contribution in [0.25, 0.3) is 0 Å². The molecule has 21 heavy (non-hydrogen) atoms. The smallest absolute Gasteiger partial charge is 0.364 e. The van der Waals surface area contributed by atoms with Crippen molar-refractivity contribution in [3.8, 4) is 0 Å². The van der Waals surface area contributed by atoms with Crippen LogP contribution in [-0.2, 0) is 16.8 Å². The molecule has 2 rings (SSSR count). The summed E-state index contributed by atoms with van der Waals surface area (Å²) in [7, 11) is 0. The Morgan fingerprint density at radius 1 is 1.33 bits per heavy atom. The lowest BCUT2D eigenvalue weighted by molar-refractivity contribution is -0.177. The topological polar surface area (TPSA) is 60.2 Å². The maximum atomic E-state index is 12.0. The molecule has 0 radical (unpaired) electrons. The van der Waals surface area contributed by atoms with Crippen LogP contribution in [0, 0.1) is 0 Å². The number of aromatic nitrogens is 2. The minimum Gasteiger partial charge on any atom is -0.364 e. The molecule has 120 valence electrons. The van der Waals surface area contributed by atoms with E-state index >= 15 is 0 Å². The van der Waals surface area contributed by atoms with Gasteiger partial charge in [-0.15, -0.1) is 0 Å². The van der Waals surface area contributed by atoms with Gasteiger partial charge in [-0.05, 0) is 32.4 Å². The quantitative estimate of drug-likeness (QED) is 0.875. The highest BCUT2D eigenvalue weighted by Gasteiger charge is 2.38. The van der Waals surface area contributed by atoms with Crippen LogP contribution in [0.5, 0.6) is 0 Å². The molecule has 0 spiro atoms. The highest BCUT2D eigenvalue weighted by molar-refractivity contribution is 5.07. The molecule has 8 heteroatoms. The van der Waals surface area contributed by atoms with E-state index in [9.17, 15) is 13.2 Å². The van der Waals surface area contributed by atoms with Gasteiger partial charge in [0.1, 0.15) is 13.2 Å². The fourth-order valence-electron chi connectivity index (χ4n) is 2.74. The molecule has 1 aliphatic rings. The van der Waals surface area contributed by atoms with Crippen molar-refractivity contribution in [3.05, 3.63) is 11.7 Å². The van der Waals surface area contributed by atoms with Crippen LogP contribution in [0.1, 0.15) is 44.3 Å². The van der Waals surface area contributed by atoms with Crippen molar-refractivity contribution < 1.29 is 22.4 Å². The van der Waals surface area contributed by atoms with Gasteiger partial charge in [-0.1, -0.05) is 18.5 Å². The van der Waals surface area contributed by atoms with Gasteiger partial charge in [0.05, 0.1) is 5.41 Å². The summed E-state index contributed by atoms with van der Waals surface area (Å²) < 4.78 is 45.9. The molecule has 5 nitrogen and oxygen atoms in total. The Balaban J connectivity index is 1.99. The van der Waals surface area contributed by atoms with Crippen LogP contribution in [0.15, 0.2) is 4.52 Å². The SMILES string of the molecule is CCCC1(c2nc(COCC(F)(F)F)no2)CCNCC1. The van der Waals surface area contributed by atoms with E-state index in [1.165, 1.54) is 0 Å². The second-order valence-corrected chi connectivity index (χ2v) is 5.40. The lowest BCUT2D eigenvalue weighted by atomic mass is 9.75. The Kier molecular flexibility index (Phi) is 5.21. The zero-order valence-electron chi connectivity index (χ0n) is 12.0. The maximum absolute atomic E-state index is 12.0. The minimum atomic E-state index is -4.34. The fourth-order valence-corrected chi connectivity index (χ4v) is 2.74. The lowest BCUT2D eigenvalue weighted by Gasteiger charge is -2.34. The monoisotopic (exact) mass is 307 g/mol. The Morgan fingerprint density at radius 3 is 2.67 bits per heavy atom. The van der Waals surface area contributed by atoms with Gasteiger partial charge in [-0.25, -0.2) is 0 Å². The molecule has 1 aliphatic heterocycles. The first-order valence-corrected chi connectivity index (χ1v) is 7.13. The Labute approximate surface area is 121 Å². The second kappa shape index (κ2) is 6.74. The van der Waals surface area contributed by atoms with Gasteiger partial charge in [-0.3, -0.25) is 0 Å². The molecule has 2 heterocycles. The molecule has 0 aromatic carbocycles. The van der Waals surface area contributed by atoms with E-state index in [0.717, 1.165) is 38.8 Å². The largest absolute Gasteiger partial charge is 0.411 e. The van der Waals surface area contributed by atoms with E-state index in [1.807, 2.05) is 0 Å². The molecule has 0 aliphatic carbocycles. The Hall–Kier alpha value is -1.15. The summed E-state index contributed by atoms with van der Waals surface area (Å²) in [6, 6.07) is 0. The molecule has 1 aromatic heterocycles. The average molecular weight is 307 g/mol. The summed E-state index contributed by atoms with van der Waals surface area (Å²) in [6.45, 7) is 2.25. The van der Waals surface area contributed by atoms with Gasteiger partial charge in [0, 0.05) is 0 Å². The first kappa shape index (κ1) is 16.2. The molecule has 0 unspecified atom stereocenters. The molecule has 1 fully saturated rings. The van der Waals surface area contributed by atoms with Gasteiger partial charge >= 0.3 is 6.18 Å². The van der Waals surface area contributed by atoms with Crippen molar-refractivity contribution in [2.75, 3.05) is 19.7 Å².